The number of nitrogens with zero attached hydrogens (tertiary/aromatic N) is 2. The molecule has 5 heteroatoms. The van der Waals surface area contributed by atoms with Crippen molar-refractivity contribution in [2.75, 3.05) is 27.2 Å². The molecule has 0 fully saturated rings. The van der Waals surface area contributed by atoms with Gasteiger partial charge in [-0.1, -0.05) is 27.5 Å². The summed E-state index contributed by atoms with van der Waals surface area (Å²) in [7, 11) is 3.99. The van der Waals surface area contributed by atoms with Crippen LogP contribution in [0.15, 0.2) is 22.7 Å². The number of hydrogen-bond acceptors (Lipinski definition) is 3. The van der Waals surface area contributed by atoms with Gasteiger partial charge in [0.15, 0.2) is 0 Å². The maximum Gasteiger partial charge on any atom is 0.122 e. The molecule has 1 aromatic rings. The van der Waals surface area contributed by atoms with E-state index in [0.29, 0.717) is 5.02 Å². The number of benzene rings is 1. The van der Waals surface area contributed by atoms with Crippen LogP contribution in [-0.2, 0) is 0 Å². The van der Waals surface area contributed by atoms with Crippen LogP contribution in [0.5, 0.6) is 0 Å². The molecule has 0 heterocycles. The van der Waals surface area contributed by atoms with Crippen LogP contribution in [0.1, 0.15) is 11.6 Å². The smallest absolute Gasteiger partial charge is 0.122 e. The van der Waals surface area contributed by atoms with Crippen LogP contribution >= 0.6 is 27.5 Å². The molecule has 0 aliphatic carbocycles. The molecule has 0 spiro atoms. The van der Waals surface area contributed by atoms with E-state index in [1.807, 2.05) is 26.2 Å². The number of nitriles is 1. The number of likely N-dealkylation sites (N-methyl/N-ethyl adjacent to an activating group) is 1. The lowest BCUT2D eigenvalue weighted by Crippen LogP contribution is -2.29. The van der Waals surface area contributed by atoms with Crippen molar-refractivity contribution in [3.8, 4) is 6.07 Å². The minimum absolute atomic E-state index is 0.375. The van der Waals surface area contributed by atoms with E-state index in [1.165, 1.54) is 0 Å². The van der Waals surface area contributed by atoms with Crippen LogP contribution in [0.25, 0.3) is 0 Å². The molecule has 0 aromatic heterocycles. The molecule has 92 valence electrons. The van der Waals surface area contributed by atoms with Crippen molar-refractivity contribution in [2.45, 2.75) is 6.04 Å². The number of halogens is 2. The van der Waals surface area contributed by atoms with Gasteiger partial charge >= 0.3 is 0 Å². The fraction of sp³-hybridized carbons (Fsp3) is 0.417. The second-order valence-electron chi connectivity index (χ2n) is 3.99. The highest BCUT2D eigenvalue weighted by atomic mass is 79.9. The lowest BCUT2D eigenvalue weighted by atomic mass is 10.1. The third kappa shape index (κ3) is 4.64. The molecule has 0 saturated carbocycles. The van der Waals surface area contributed by atoms with E-state index < -0.39 is 0 Å². The summed E-state index contributed by atoms with van der Waals surface area (Å²) in [5.41, 5.74) is 0.808. The molecule has 0 aliphatic heterocycles. The third-order valence-corrected chi connectivity index (χ3v) is 3.14. The molecule has 0 radical (unpaired) electrons. The fourth-order valence-corrected chi connectivity index (χ4v) is 2.00. The lowest BCUT2D eigenvalue weighted by Gasteiger charge is -2.15. The van der Waals surface area contributed by atoms with Crippen LogP contribution in [0.4, 0.5) is 0 Å². The lowest BCUT2D eigenvalue weighted by molar-refractivity contribution is 0.395. The van der Waals surface area contributed by atoms with Gasteiger partial charge in [-0.3, -0.25) is 5.32 Å². The van der Waals surface area contributed by atoms with Crippen LogP contribution in [0, 0.1) is 11.3 Å². The number of nitrogens with one attached hydrogen (secondary N) is 1. The highest BCUT2D eigenvalue weighted by Crippen LogP contribution is 2.26. The van der Waals surface area contributed by atoms with Gasteiger partial charge in [0.05, 0.1) is 6.07 Å². The molecule has 0 bridgehead atoms. The average molecular weight is 317 g/mol. The second-order valence-corrected chi connectivity index (χ2v) is 5.31. The first kappa shape index (κ1) is 14.5. The first-order chi connectivity index (χ1) is 8.04. The van der Waals surface area contributed by atoms with E-state index in [-0.39, 0.29) is 6.04 Å². The monoisotopic (exact) mass is 315 g/mol. The van der Waals surface area contributed by atoms with Crippen molar-refractivity contribution in [2.24, 2.45) is 0 Å². The van der Waals surface area contributed by atoms with Gasteiger partial charge < -0.3 is 4.90 Å². The molecule has 1 N–H and O–H groups in total. The minimum Gasteiger partial charge on any atom is -0.308 e. The second kappa shape index (κ2) is 6.97. The molecule has 0 amide bonds. The Balaban J connectivity index is 2.73. The molecule has 1 rings (SSSR count). The summed E-state index contributed by atoms with van der Waals surface area (Å²) in [5.74, 6) is 0. The highest BCUT2D eigenvalue weighted by molar-refractivity contribution is 9.10. The minimum atomic E-state index is -0.375. The van der Waals surface area contributed by atoms with Gasteiger partial charge in [-0.2, -0.15) is 5.26 Å². The maximum atomic E-state index is 9.16. The van der Waals surface area contributed by atoms with Gasteiger partial charge in [0.1, 0.15) is 6.04 Å². The van der Waals surface area contributed by atoms with Crippen LogP contribution in [0.3, 0.4) is 0 Å². The van der Waals surface area contributed by atoms with Crippen LogP contribution in [0.2, 0.25) is 5.02 Å². The molecule has 1 unspecified atom stereocenters. The fourth-order valence-electron chi connectivity index (χ4n) is 1.39. The Bertz CT molecular complexity index is 415. The zero-order valence-electron chi connectivity index (χ0n) is 9.87. The Morgan fingerprint density at radius 2 is 2.24 bits per heavy atom. The summed E-state index contributed by atoms with van der Waals surface area (Å²) < 4.78 is 0.923. The summed E-state index contributed by atoms with van der Waals surface area (Å²) in [6, 6.07) is 7.38. The summed E-state index contributed by atoms with van der Waals surface area (Å²) in [5, 5.41) is 12.9. The van der Waals surface area contributed by atoms with E-state index in [9.17, 15) is 0 Å². The summed E-state index contributed by atoms with van der Waals surface area (Å²) >= 11 is 9.47. The zero-order valence-corrected chi connectivity index (χ0v) is 12.2. The van der Waals surface area contributed by atoms with Crippen molar-refractivity contribution in [1.82, 2.24) is 10.2 Å². The van der Waals surface area contributed by atoms with Crippen molar-refractivity contribution in [1.29, 1.82) is 5.26 Å². The summed E-state index contributed by atoms with van der Waals surface area (Å²) in [4.78, 5) is 2.06. The Labute approximate surface area is 115 Å². The average Bonchev–Trinajstić information content (AvgIpc) is 2.28. The third-order valence-electron chi connectivity index (χ3n) is 2.31. The Morgan fingerprint density at radius 3 is 2.82 bits per heavy atom. The van der Waals surface area contributed by atoms with Gasteiger partial charge in [-0.25, -0.2) is 0 Å². The van der Waals surface area contributed by atoms with E-state index in [2.05, 4.69) is 32.2 Å². The Hall–Kier alpha value is -0.600. The van der Waals surface area contributed by atoms with Crippen LogP contribution < -0.4 is 5.32 Å². The predicted octanol–water partition coefficient (Wildman–Crippen LogP) is 2.82. The SMILES string of the molecule is CN(C)CCNC(C#N)c1cc(Br)ccc1Cl. The topological polar surface area (TPSA) is 39.1 Å². The molecule has 1 aromatic carbocycles. The summed E-state index contributed by atoms with van der Waals surface area (Å²) in [6.07, 6.45) is 0. The van der Waals surface area contributed by atoms with Gasteiger partial charge in [-0.15, -0.1) is 0 Å². The normalized spacial score (nSPS) is 12.5. The highest BCUT2D eigenvalue weighted by Gasteiger charge is 2.13. The van der Waals surface area contributed by atoms with Crippen molar-refractivity contribution in [3.05, 3.63) is 33.3 Å². The standard InChI is InChI=1S/C12H15BrClN3/c1-17(2)6-5-16-12(8-15)10-7-9(13)3-4-11(10)14/h3-4,7,12,16H,5-6H2,1-2H3. The van der Waals surface area contributed by atoms with E-state index in [4.69, 9.17) is 16.9 Å². The first-order valence-electron chi connectivity index (χ1n) is 5.27. The Morgan fingerprint density at radius 1 is 1.53 bits per heavy atom. The Kier molecular flexibility index (Phi) is 5.93. The van der Waals surface area contributed by atoms with Gasteiger partial charge in [-0.05, 0) is 32.3 Å². The molecule has 3 nitrogen and oxygen atoms in total. The zero-order chi connectivity index (χ0) is 12.8. The van der Waals surface area contributed by atoms with Gasteiger partial charge in [0.25, 0.3) is 0 Å². The molecule has 0 aliphatic rings. The molecule has 0 saturated heterocycles. The molecule has 17 heavy (non-hydrogen) atoms. The number of hydrogen-bond donors (Lipinski definition) is 1. The summed E-state index contributed by atoms with van der Waals surface area (Å²) in [6.45, 7) is 1.62. The molecular formula is C12H15BrClN3. The number of rotatable bonds is 5. The van der Waals surface area contributed by atoms with Gasteiger partial charge in [0.2, 0.25) is 0 Å². The van der Waals surface area contributed by atoms with Crippen molar-refractivity contribution >= 4 is 27.5 Å². The van der Waals surface area contributed by atoms with Crippen molar-refractivity contribution in [3.63, 3.8) is 0 Å². The van der Waals surface area contributed by atoms with E-state index in [1.54, 1.807) is 6.07 Å². The van der Waals surface area contributed by atoms with Gasteiger partial charge in [0, 0.05) is 28.1 Å². The largest absolute Gasteiger partial charge is 0.308 e. The van der Waals surface area contributed by atoms with E-state index in [0.717, 1.165) is 23.1 Å². The van der Waals surface area contributed by atoms with Crippen LogP contribution in [-0.4, -0.2) is 32.1 Å². The first-order valence-corrected chi connectivity index (χ1v) is 6.44. The quantitative estimate of drug-likeness (QED) is 0.908. The molecular weight excluding hydrogens is 302 g/mol. The van der Waals surface area contributed by atoms with Crippen molar-refractivity contribution < 1.29 is 0 Å². The maximum absolute atomic E-state index is 9.16. The van der Waals surface area contributed by atoms with E-state index >= 15 is 0 Å². The predicted molar refractivity (Wildman–Crippen MR) is 74.1 cm³/mol. The molecule has 1 atom stereocenters.